The summed E-state index contributed by atoms with van der Waals surface area (Å²) in [5.74, 6) is 1.02. The van der Waals surface area contributed by atoms with Gasteiger partial charge in [0, 0.05) is 27.2 Å². The van der Waals surface area contributed by atoms with Crippen molar-refractivity contribution in [1.29, 1.82) is 0 Å². The van der Waals surface area contributed by atoms with E-state index in [1.807, 2.05) is 13.1 Å². The van der Waals surface area contributed by atoms with Crippen LogP contribution in [0.2, 0.25) is 0 Å². The number of rotatable bonds is 6. The van der Waals surface area contributed by atoms with Crippen LogP contribution in [0.5, 0.6) is 0 Å². The highest BCUT2D eigenvalue weighted by Crippen LogP contribution is 2.36. The van der Waals surface area contributed by atoms with Gasteiger partial charge in [-0.2, -0.15) is 0 Å². The molecule has 0 amide bonds. The lowest BCUT2D eigenvalue weighted by atomic mass is 9.89. The minimum Gasteiger partial charge on any atom is -0.356 e. The fourth-order valence-corrected chi connectivity index (χ4v) is 2.66. The maximum Gasteiger partial charge on any atom is 0.193 e. The van der Waals surface area contributed by atoms with Gasteiger partial charge in [-0.05, 0) is 31.1 Å². The summed E-state index contributed by atoms with van der Waals surface area (Å²) in [5, 5.41) is 3.53. The highest BCUT2D eigenvalue weighted by molar-refractivity contribution is 5.79. The van der Waals surface area contributed by atoms with Gasteiger partial charge < -0.3 is 10.2 Å². The molecule has 0 atom stereocenters. The second-order valence-electron chi connectivity index (χ2n) is 5.77. The monoisotopic (exact) mass is 251 g/mol. The first kappa shape index (κ1) is 15.1. The Kier molecular flexibility index (Phi) is 6.23. The van der Waals surface area contributed by atoms with E-state index in [0.29, 0.717) is 5.41 Å². The molecule has 1 rings (SSSR count). The van der Waals surface area contributed by atoms with Gasteiger partial charge in [-0.3, -0.25) is 4.99 Å². The van der Waals surface area contributed by atoms with Crippen LogP contribution in [0.4, 0.5) is 0 Å². The molecular weight excluding hydrogens is 222 g/mol. The van der Waals surface area contributed by atoms with Gasteiger partial charge in [0.1, 0.15) is 0 Å². The third-order valence-electron chi connectivity index (χ3n) is 3.96. The Morgan fingerprint density at radius 2 is 2.11 bits per heavy atom. The number of allylic oxidation sites excluding steroid dienone is 1. The van der Waals surface area contributed by atoms with Crippen molar-refractivity contribution < 1.29 is 0 Å². The summed E-state index contributed by atoms with van der Waals surface area (Å²) < 4.78 is 0. The zero-order valence-electron chi connectivity index (χ0n) is 12.3. The number of aliphatic imine (C=N–C) groups is 1. The lowest BCUT2D eigenvalue weighted by Crippen LogP contribution is -2.43. The summed E-state index contributed by atoms with van der Waals surface area (Å²) >= 11 is 0. The van der Waals surface area contributed by atoms with Gasteiger partial charge in [0.05, 0.1) is 0 Å². The molecule has 18 heavy (non-hydrogen) atoms. The average Bonchev–Trinajstić information content (AvgIpc) is 2.77. The van der Waals surface area contributed by atoms with E-state index in [2.05, 4.69) is 35.8 Å². The molecular formula is C15H29N3. The summed E-state index contributed by atoms with van der Waals surface area (Å²) in [7, 11) is 3.97. The number of nitrogens with one attached hydrogen (secondary N) is 1. The smallest absolute Gasteiger partial charge is 0.193 e. The van der Waals surface area contributed by atoms with Gasteiger partial charge in [0.25, 0.3) is 0 Å². The van der Waals surface area contributed by atoms with E-state index in [1.165, 1.54) is 25.7 Å². The quantitative estimate of drug-likeness (QED) is 0.340. The van der Waals surface area contributed by atoms with Crippen LogP contribution in [0.15, 0.2) is 17.6 Å². The van der Waals surface area contributed by atoms with E-state index >= 15 is 0 Å². The van der Waals surface area contributed by atoms with Crippen molar-refractivity contribution in [1.82, 2.24) is 10.2 Å². The number of unbranched alkanes of at least 4 members (excludes halogenated alkanes) is 1. The minimum absolute atomic E-state index is 0.470. The molecule has 0 aliphatic heterocycles. The van der Waals surface area contributed by atoms with Crippen molar-refractivity contribution in [2.75, 3.05) is 27.2 Å². The van der Waals surface area contributed by atoms with Crippen LogP contribution >= 0.6 is 0 Å². The van der Waals surface area contributed by atoms with Crippen LogP contribution < -0.4 is 5.32 Å². The second-order valence-corrected chi connectivity index (χ2v) is 5.77. The molecule has 1 N–H and O–H groups in total. The first-order valence-corrected chi connectivity index (χ1v) is 7.14. The summed E-state index contributed by atoms with van der Waals surface area (Å²) in [5.41, 5.74) is 0.470. The SMILES string of the molecule is C=CCCCN(C)C(=NC)NCC1(C)CCCC1. The third kappa shape index (κ3) is 4.71. The number of hydrogen-bond donors (Lipinski definition) is 1. The predicted molar refractivity (Wildman–Crippen MR) is 80.0 cm³/mol. The molecule has 0 heterocycles. The molecule has 0 spiro atoms. The highest BCUT2D eigenvalue weighted by Gasteiger charge is 2.28. The standard InChI is InChI=1S/C15H29N3/c1-5-6-9-12-18(4)14(16-3)17-13-15(2)10-7-8-11-15/h5H,1,6-13H2,2-4H3,(H,16,17). The molecule has 3 heteroatoms. The molecule has 0 bridgehead atoms. The maximum atomic E-state index is 4.36. The Labute approximate surface area is 112 Å². The topological polar surface area (TPSA) is 27.6 Å². The largest absolute Gasteiger partial charge is 0.356 e. The van der Waals surface area contributed by atoms with Crippen LogP contribution in [0.1, 0.15) is 45.4 Å². The Morgan fingerprint density at radius 1 is 1.44 bits per heavy atom. The molecule has 0 unspecified atom stereocenters. The summed E-state index contributed by atoms with van der Waals surface area (Å²) in [6.45, 7) is 8.22. The lowest BCUT2D eigenvalue weighted by Gasteiger charge is -2.28. The molecule has 0 aromatic heterocycles. The van der Waals surface area contributed by atoms with Crippen LogP contribution in [0.25, 0.3) is 0 Å². The molecule has 3 nitrogen and oxygen atoms in total. The second kappa shape index (κ2) is 7.45. The normalized spacial score (nSPS) is 18.7. The van der Waals surface area contributed by atoms with Crippen LogP contribution in [-0.4, -0.2) is 38.0 Å². The first-order chi connectivity index (χ1) is 8.61. The predicted octanol–water partition coefficient (Wildman–Crippen LogP) is 3.04. The Hall–Kier alpha value is -0.990. The molecule has 1 aliphatic carbocycles. The van der Waals surface area contributed by atoms with Gasteiger partial charge in [-0.25, -0.2) is 0 Å². The van der Waals surface area contributed by atoms with Gasteiger partial charge in [0.2, 0.25) is 0 Å². The van der Waals surface area contributed by atoms with Gasteiger partial charge in [0.15, 0.2) is 5.96 Å². The summed E-state index contributed by atoms with van der Waals surface area (Å²) in [6, 6.07) is 0. The zero-order chi connectivity index (χ0) is 13.4. The molecule has 0 saturated heterocycles. The van der Waals surface area contributed by atoms with Crippen molar-refractivity contribution in [2.24, 2.45) is 10.4 Å². The summed E-state index contributed by atoms with van der Waals surface area (Å²) in [4.78, 5) is 6.57. The van der Waals surface area contributed by atoms with Gasteiger partial charge in [-0.15, -0.1) is 6.58 Å². The molecule has 1 aliphatic rings. The summed E-state index contributed by atoms with van der Waals surface area (Å²) in [6.07, 6.45) is 9.63. The molecule has 1 fully saturated rings. The van der Waals surface area contributed by atoms with Crippen LogP contribution in [-0.2, 0) is 0 Å². The van der Waals surface area contributed by atoms with Crippen molar-refractivity contribution in [3.8, 4) is 0 Å². The molecule has 0 aromatic carbocycles. The molecule has 104 valence electrons. The first-order valence-electron chi connectivity index (χ1n) is 7.14. The van der Waals surface area contributed by atoms with Crippen molar-refractivity contribution in [2.45, 2.75) is 45.4 Å². The fraction of sp³-hybridized carbons (Fsp3) is 0.800. The fourth-order valence-electron chi connectivity index (χ4n) is 2.66. The van der Waals surface area contributed by atoms with E-state index in [9.17, 15) is 0 Å². The lowest BCUT2D eigenvalue weighted by molar-refractivity contribution is 0.327. The van der Waals surface area contributed by atoms with E-state index in [0.717, 1.165) is 31.9 Å². The maximum absolute atomic E-state index is 4.36. The van der Waals surface area contributed by atoms with Crippen molar-refractivity contribution >= 4 is 5.96 Å². The van der Waals surface area contributed by atoms with E-state index in [1.54, 1.807) is 0 Å². The Bertz CT molecular complexity index is 277. The Balaban J connectivity index is 2.34. The van der Waals surface area contributed by atoms with E-state index in [-0.39, 0.29) is 0 Å². The highest BCUT2D eigenvalue weighted by atomic mass is 15.3. The average molecular weight is 251 g/mol. The zero-order valence-corrected chi connectivity index (χ0v) is 12.3. The third-order valence-corrected chi connectivity index (χ3v) is 3.96. The number of nitrogens with zero attached hydrogens (tertiary/aromatic N) is 2. The van der Waals surface area contributed by atoms with Crippen molar-refractivity contribution in [3.63, 3.8) is 0 Å². The minimum atomic E-state index is 0.470. The Morgan fingerprint density at radius 3 is 2.67 bits per heavy atom. The van der Waals surface area contributed by atoms with Crippen molar-refractivity contribution in [3.05, 3.63) is 12.7 Å². The number of hydrogen-bond acceptors (Lipinski definition) is 1. The van der Waals surface area contributed by atoms with E-state index in [4.69, 9.17) is 0 Å². The van der Waals surface area contributed by atoms with Gasteiger partial charge >= 0.3 is 0 Å². The van der Waals surface area contributed by atoms with Gasteiger partial charge in [-0.1, -0.05) is 25.8 Å². The molecule has 1 saturated carbocycles. The van der Waals surface area contributed by atoms with Crippen LogP contribution in [0, 0.1) is 5.41 Å². The molecule has 0 aromatic rings. The molecule has 0 radical (unpaired) electrons. The number of guanidine groups is 1. The van der Waals surface area contributed by atoms with E-state index < -0.39 is 0 Å². The van der Waals surface area contributed by atoms with Crippen LogP contribution in [0.3, 0.4) is 0 Å².